The molecule has 0 saturated carbocycles. The van der Waals surface area contributed by atoms with Crippen LogP contribution in [0.3, 0.4) is 0 Å². The van der Waals surface area contributed by atoms with Gasteiger partial charge in [0, 0.05) is 11.4 Å². The number of anilines is 2. The molecule has 0 radical (unpaired) electrons. The highest BCUT2D eigenvalue weighted by Crippen LogP contribution is 2.25. The first-order valence-electron chi connectivity index (χ1n) is 6.45. The van der Waals surface area contributed by atoms with Crippen LogP contribution in [0.4, 0.5) is 11.4 Å². The van der Waals surface area contributed by atoms with Gasteiger partial charge in [0.2, 0.25) is 11.7 Å². The Hall–Kier alpha value is -3.02. The van der Waals surface area contributed by atoms with E-state index in [2.05, 4.69) is 10.3 Å². The minimum absolute atomic E-state index is 0.201. The third kappa shape index (κ3) is 2.27. The fraction of sp³-hybridized carbons (Fsp3) is 0.0667. The predicted molar refractivity (Wildman–Crippen MR) is 81.2 cm³/mol. The predicted octanol–water partition coefficient (Wildman–Crippen LogP) is 2.55. The number of hydrogen-bond donors (Lipinski definition) is 2. The van der Waals surface area contributed by atoms with E-state index >= 15 is 0 Å². The van der Waals surface area contributed by atoms with Crippen molar-refractivity contribution in [2.45, 2.75) is 0 Å². The Morgan fingerprint density at radius 3 is 1.38 bits per heavy atom. The first-order valence-corrected chi connectivity index (χ1v) is 6.45. The van der Waals surface area contributed by atoms with Gasteiger partial charge in [-0.25, -0.2) is 0 Å². The van der Waals surface area contributed by atoms with Gasteiger partial charge in [-0.15, -0.1) is 0 Å². The number of rotatable bonds is 2. The van der Waals surface area contributed by atoms with E-state index < -0.39 is 0 Å². The second kappa shape index (κ2) is 5.54. The maximum atomic E-state index is 9.29. The maximum absolute atomic E-state index is 9.29. The van der Waals surface area contributed by atoms with Crippen molar-refractivity contribution < 1.29 is 10.4 Å². The normalized spacial score (nSPS) is 18.7. The maximum Gasteiger partial charge on any atom is 0.220 e. The Labute approximate surface area is 121 Å². The van der Waals surface area contributed by atoms with Crippen molar-refractivity contribution in [2.75, 3.05) is 16.5 Å². The number of benzene rings is 2. The van der Waals surface area contributed by atoms with Crippen molar-refractivity contribution >= 4 is 23.0 Å². The van der Waals surface area contributed by atoms with Crippen molar-refractivity contribution in [3.8, 4) is 0 Å². The number of oxime groups is 2. The zero-order valence-electron chi connectivity index (χ0n) is 11.2. The Bertz CT molecular complexity index is 611. The van der Waals surface area contributed by atoms with Crippen LogP contribution in [-0.2, 0) is 0 Å². The van der Waals surface area contributed by atoms with Crippen molar-refractivity contribution in [1.82, 2.24) is 0 Å². The van der Waals surface area contributed by atoms with Crippen LogP contribution in [0.15, 0.2) is 71.0 Å². The van der Waals surface area contributed by atoms with E-state index in [0.29, 0.717) is 6.67 Å². The lowest BCUT2D eigenvalue weighted by molar-refractivity contribution is 0.314. The third-order valence-electron chi connectivity index (χ3n) is 3.32. The van der Waals surface area contributed by atoms with Gasteiger partial charge >= 0.3 is 0 Å². The lowest BCUT2D eigenvalue weighted by Gasteiger charge is -2.19. The Morgan fingerprint density at radius 2 is 1.05 bits per heavy atom. The van der Waals surface area contributed by atoms with Gasteiger partial charge in [0.25, 0.3) is 0 Å². The average Bonchev–Trinajstić information content (AvgIpc) is 2.95. The van der Waals surface area contributed by atoms with Crippen LogP contribution in [0.1, 0.15) is 0 Å². The second-order valence-electron chi connectivity index (χ2n) is 4.52. The van der Waals surface area contributed by atoms with E-state index in [1.165, 1.54) is 0 Å². The largest absolute Gasteiger partial charge is 0.409 e. The molecule has 1 aliphatic heterocycles. The molecule has 2 aromatic carbocycles. The summed E-state index contributed by atoms with van der Waals surface area (Å²) >= 11 is 0. The standard InChI is InChI=1S/C15H14N4O2/c20-16-14-15(17-21)19(13-9-5-2-6-10-13)11-18(14)12-7-3-1-4-8-12/h1-10,20-21H,11H2/b16-14+,17-15+. The van der Waals surface area contributed by atoms with Crippen LogP contribution in [0.5, 0.6) is 0 Å². The van der Waals surface area contributed by atoms with Gasteiger partial charge in [-0.2, -0.15) is 0 Å². The van der Waals surface area contributed by atoms with Gasteiger partial charge in [-0.3, -0.25) is 0 Å². The van der Waals surface area contributed by atoms with Crippen LogP contribution in [-0.4, -0.2) is 28.8 Å². The molecule has 0 aromatic heterocycles. The second-order valence-corrected chi connectivity index (χ2v) is 4.52. The van der Waals surface area contributed by atoms with Crippen LogP contribution < -0.4 is 9.80 Å². The molecular formula is C15H14N4O2. The molecule has 6 nitrogen and oxygen atoms in total. The number of amidine groups is 2. The fourth-order valence-electron chi connectivity index (χ4n) is 2.34. The molecule has 1 aliphatic rings. The summed E-state index contributed by atoms with van der Waals surface area (Å²) in [5.74, 6) is 0.403. The summed E-state index contributed by atoms with van der Waals surface area (Å²) in [6.07, 6.45) is 0. The molecule has 0 spiro atoms. The Kier molecular flexibility index (Phi) is 3.42. The first-order chi connectivity index (χ1) is 10.3. The molecule has 0 amide bonds. The molecule has 0 atom stereocenters. The van der Waals surface area contributed by atoms with E-state index in [4.69, 9.17) is 0 Å². The van der Waals surface area contributed by atoms with E-state index in [1.807, 2.05) is 60.7 Å². The summed E-state index contributed by atoms with van der Waals surface area (Å²) in [6.45, 7) is 0.396. The van der Waals surface area contributed by atoms with Crippen molar-refractivity contribution in [2.24, 2.45) is 10.3 Å². The zero-order chi connectivity index (χ0) is 14.7. The minimum atomic E-state index is 0.201. The topological polar surface area (TPSA) is 71.7 Å². The van der Waals surface area contributed by atoms with E-state index in [9.17, 15) is 10.4 Å². The van der Waals surface area contributed by atoms with E-state index in [0.717, 1.165) is 11.4 Å². The smallest absolute Gasteiger partial charge is 0.220 e. The summed E-state index contributed by atoms with van der Waals surface area (Å²) in [6, 6.07) is 19.0. The van der Waals surface area contributed by atoms with Crippen LogP contribution in [0, 0.1) is 0 Å². The highest BCUT2D eigenvalue weighted by Gasteiger charge is 2.35. The summed E-state index contributed by atoms with van der Waals surface area (Å²) in [5, 5.41) is 25.2. The molecule has 21 heavy (non-hydrogen) atoms. The van der Waals surface area contributed by atoms with E-state index in [1.54, 1.807) is 9.80 Å². The number of nitrogens with zero attached hydrogens (tertiary/aromatic N) is 4. The molecule has 2 N–H and O–H groups in total. The lowest BCUT2D eigenvalue weighted by atomic mass is 10.3. The molecule has 1 saturated heterocycles. The molecule has 1 fully saturated rings. The molecular weight excluding hydrogens is 268 g/mol. The molecule has 3 rings (SSSR count). The van der Waals surface area contributed by atoms with Crippen molar-refractivity contribution in [3.63, 3.8) is 0 Å². The third-order valence-corrected chi connectivity index (χ3v) is 3.32. The van der Waals surface area contributed by atoms with Gasteiger partial charge in [-0.05, 0) is 24.3 Å². The lowest BCUT2D eigenvalue weighted by Crippen LogP contribution is -2.27. The van der Waals surface area contributed by atoms with Gasteiger partial charge < -0.3 is 20.2 Å². The zero-order valence-corrected chi connectivity index (χ0v) is 11.2. The van der Waals surface area contributed by atoms with Gasteiger partial charge in [0.15, 0.2) is 0 Å². The molecule has 0 aliphatic carbocycles. The molecule has 2 aromatic rings. The fourth-order valence-corrected chi connectivity index (χ4v) is 2.34. The quantitative estimate of drug-likeness (QED) is 0.656. The highest BCUT2D eigenvalue weighted by molar-refractivity contribution is 6.52. The summed E-state index contributed by atoms with van der Waals surface area (Å²) in [4.78, 5) is 3.53. The number of para-hydroxylation sites is 2. The van der Waals surface area contributed by atoms with E-state index in [-0.39, 0.29) is 11.7 Å². The summed E-state index contributed by atoms with van der Waals surface area (Å²) in [7, 11) is 0. The molecule has 0 unspecified atom stereocenters. The van der Waals surface area contributed by atoms with Gasteiger partial charge in [0.05, 0.1) is 0 Å². The average molecular weight is 282 g/mol. The SMILES string of the molecule is O/N=C1\C(=N/O)N(c2ccccc2)CN1c1ccccc1. The van der Waals surface area contributed by atoms with Crippen LogP contribution in [0.25, 0.3) is 0 Å². The van der Waals surface area contributed by atoms with Crippen LogP contribution in [0.2, 0.25) is 0 Å². The van der Waals surface area contributed by atoms with Crippen LogP contribution >= 0.6 is 0 Å². The summed E-state index contributed by atoms with van der Waals surface area (Å²) in [5.41, 5.74) is 1.70. The molecule has 106 valence electrons. The Balaban J connectivity index is 2.02. The first kappa shape index (κ1) is 13.0. The van der Waals surface area contributed by atoms with Crippen molar-refractivity contribution in [1.29, 1.82) is 0 Å². The van der Waals surface area contributed by atoms with Crippen molar-refractivity contribution in [3.05, 3.63) is 60.7 Å². The van der Waals surface area contributed by atoms with Gasteiger partial charge in [-0.1, -0.05) is 46.7 Å². The Morgan fingerprint density at radius 1 is 0.667 bits per heavy atom. The molecule has 0 bridgehead atoms. The van der Waals surface area contributed by atoms with Gasteiger partial charge in [0.1, 0.15) is 6.67 Å². The summed E-state index contributed by atoms with van der Waals surface area (Å²) < 4.78 is 0. The molecule has 6 heteroatoms. The number of hydrogen-bond acceptors (Lipinski definition) is 4. The highest BCUT2D eigenvalue weighted by atomic mass is 16.4. The monoisotopic (exact) mass is 282 g/mol. The minimum Gasteiger partial charge on any atom is -0.409 e. The molecule has 1 heterocycles.